The SMILES string of the molecule is COc1cccc(C2=NOC3(CCN(C(=O)C#Cc4ccc(C(C)(C)C)cc4)CC3)C2)c1. The van der Waals surface area contributed by atoms with Crippen LogP contribution in [-0.4, -0.2) is 42.3 Å². The molecule has 5 heteroatoms. The Morgan fingerprint density at radius 2 is 1.84 bits per heavy atom. The topological polar surface area (TPSA) is 51.1 Å². The van der Waals surface area contributed by atoms with Crippen molar-refractivity contribution in [1.29, 1.82) is 0 Å². The van der Waals surface area contributed by atoms with Crippen LogP contribution in [0.3, 0.4) is 0 Å². The first-order chi connectivity index (χ1) is 15.3. The molecule has 2 aromatic rings. The van der Waals surface area contributed by atoms with Crippen molar-refractivity contribution in [1.82, 2.24) is 4.90 Å². The third kappa shape index (κ3) is 4.80. The minimum Gasteiger partial charge on any atom is -0.497 e. The van der Waals surface area contributed by atoms with Gasteiger partial charge in [-0.15, -0.1) is 0 Å². The number of nitrogens with zero attached hydrogens (tertiary/aromatic N) is 2. The molecular formula is C27H30N2O3. The lowest BCUT2D eigenvalue weighted by molar-refractivity contribution is -0.130. The van der Waals surface area contributed by atoms with Crippen molar-refractivity contribution < 1.29 is 14.4 Å². The number of amides is 1. The molecule has 0 bridgehead atoms. The first kappa shape index (κ1) is 22.0. The van der Waals surface area contributed by atoms with Crippen molar-refractivity contribution >= 4 is 11.6 Å². The second-order valence-corrected chi connectivity index (χ2v) is 9.59. The summed E-state index contributed by atoms with van der Waals surface area (Å²) >= 11 is 0. The monoisotopic (exact) mass is 430 g/mol. The number of hydrogen-bond donors (Lipinski definition) is 0. The molecular weight excluding hydrogens is 400 g/mol. The fourth-order valence-corrected chi connectivity index (χ4v) is 4.12. The Hall–Kier alpha value is -3.26. The zero-order valence-corrected chi connectivity index (χ0v) is 19.3. The van der Waals surface area contributed by atoms with Crippen molar-refractivity contribution in [2.24, 2.45) is 5.16 Å². The van der Waals surface area contributed by atoms with Crippen LogP contribution in [0.4, 0.5) is 0 Å². The van der Waals surface area contributed by atoms with Gasteiger partial charge in [0, 0.05) is 49.4 Å². The molecule has 1 fully saturated rings. The van der Waals surface area contributed by atoms with Crippen LogP contribution in [0.25, 0.3) is 0 Å². The van der Waals surface area contributed by atoms with Crippen LogP contribution < -0.4 is 4.74 Å². The summed E-state index contributed by atoms with van der Waals surface area (Å²) in [6.45, 7) is 7.78. The molecule has 4 rings (SSSR count). The van der Waals surface area contributed by atoms with E-state index in [0.717, 1.165) is 41.9 Å². The number of piperidine rings is 1. The maximum absolute atomic E-state index is 12.6. The summed E-state index contributed by atoms with van der Waals surface area (Å²) in [5, 5.41) is 4.36. The number of ether oxygens (including phenoxy) is 1. The highest BCUT2D eigenvalue weighted by Crippen LogP contribution is 2.36. The summed E-state index contributed by atoms with van der Waals surface area (Å²) in [5.74, 6) is 6.49. The number of hydrogen-bond acceptors (Lipinski definition) is 4. The molecule has 5 nitrogen and oxygen atoms in total. The van der Waals surface area contributed by atoms with Gasteiger partial charge >= 0.3 is 0 Å². The molecule has 166 valence electrons. The van der Waals surface area contributed by atoms with Gasteiger partial charge in [-0.05, 0) is 35.2 Å². The Morgan fingerprint density at radius 1 is 1.12 bits per heavy atom. The lowest BCUT2D eigenvalue weighted by atomic mass is 9.85. The highest BCUT2D eigenvalue weighted by Gasteiger charge is 2.43. The molecule has 1 amide bonds. The standard InChI is InChI=1S/C27H30N2O3/c1-26(2,3)22-11-8-20(9-12-22)10-13-25(30)29-16-14-27(15-17-29)19-24(28-32-27)21-6-5-7-23(18-21)31-4/h5-9,11-12,18H,14-17,19H2,1-4H3. The molecule has 0 saturated carbocycles. The Kier molecular flexibility index (Phi) is 5.97. The summed E-state index contributed by atoms with van der Waals surface area (Å²) in [4.78, 5) is 20.3. The number of methoxy groups -OCH3 is 1. The van der Waals surface area contributed by atoms with Crippen LogP contribution in [0.2, 0.25) is 0 Å². The van der Waals surface area contributed by atoms with E-state index in [9.17, 15) is 4.79 Å². The number of oxime groups is 1. The number of rotatable bonds is 2. The van der Waals surface area contributed by atoms with Crippen LogP contribution in [0.5, 0.6) is 5.75 Å². The molecule has 0 unspecified atom stereocenters. The van der Waals surface area contributed by atoms with Gasteiger partial charge in [0.15, 0.2) is 0 Å². The molecule has 2 aliphatic heterocycles. The Labute approximate surface area is 190 Å². The summed E-state index contributed by atoms with van der Waals surface area (Å²) in [6, 6.07) is 16.0. The average molecular weight is 431 g/mol. The van der Waals surface area contributed by atoms with Crippen LogP contribution in [0.1, 0.15) is 56.7 Å². The van der Waals surface area contributed by atoms with Crippen molar-refractivity contribution in [3.05, 3.63) is 65.2 Å². The van der Waals surface area contributed by atoms with Crippen molar-refractivity contribution in [3.63, 3.8) is 0 Å². The van der Waals surface area contributed by atoms with Gasteiger partial charge in [-0.2, -0.15) is 0 Å². The van der Waals surface area contributed by atoms with E-state index < -0.39 is 0 Å². The maximum Gasteiger partial charge on any atom is 0.298 e. The van der Waals surface area contributed by atoms with E-state index in [4.69, 9.17) is 9.57 Å². The predicted octanol–water partition coefficient (Wildman–Crippen LogP) is 4.53. The molecule has 2 aliphatic rings. The van der Waals surface area contributed by atoms with Crippen molar-refractivity contribution in [3.8, 4) is 17.6 Å². The number of benzene rings is 2. The van der Waals surface area contributed by atoms with Gasteiger partial charge in [-0.1, -0.05) is 56.1 Å². The molecule has 2 aromatic carbocycles. The normalized spacial score (nSPS) is 17.2. The molecule has 0 aliphatic carbocycles. The predicted molar refractivity (Wildman–Crippen MR) is 126 cm³/mol. The number of carbonyl (C=O) groups excluding carboxylic acids is 1. The fraction of sp³-hybridized carbons (Fsp3) is 0.407. The van der Waals surface area contributed by atoms with E-state index in [1.807, 2.05) is 41.3 Å². The minimum atomic E-state index is -0.328. The highest BCUT2D eigenvalue weighted by atomic mass is 16.7. The van der Waals surface area contributed by atoms with E-state index in [2.05, 4.69) is 49.9 Å². The first-order valence-corrected chi connectivity index (χ1v) is 11.1. The summed E-state index contributed by atoms with van der Waals surface area (Å²) in [5.41, 5.74) is 3.83. The van der Waals surface area contributed by atoms with E-state index in [1.54, 1.807) is 7.11 Å². The van der Waals surface area contributed by atoms with Crippen LogP contribution >= 0.6 is 0 Å². The second kappa shape index (κ2) is 8.70. The van der Waals surface area contributed by atoms with Gasteiger partial charge < -0.3 is 14.5 Å². The van der Waals surface area contributed by atoms with Crippen molar-refractivity contribution in [2.75, 3.05) is 20.2 Å². The quantitative estimate of drug-likeness (QED) is 0.658. The number of likely N-dealkylation sites (tertiary alicyclic amines) is 1. The molecule has 1 saturated heterocycles. The van der Waals surface area contributed by atoms with E-state index in [1.165, 1.54) is 5.56 Å². The summed E-state index contributed by atoms with van der Waals surface area (Å²) in [6.07, 6.45) is 2.24. The van der Waals surface area contributed by atoms with E-state index in [0.29, 0.717) is 13.1 Å². The summed E-state index contributed by atoms with van der Waals surface area (Å²) in [7, 11) is 1.66. The van der Waals surface area contributed by atoms with Crippen LogP contribution in [0, 0.1) is 11.8 Å². The molecule has 0 atom stereocenters. The molecule has 0 N–H and O–H groups in total. The average Bonchev–Trinajstić information content (AvgIpc) is 3.21. The van der Waals surface area contributed by atoms with Gasteiger partial charge in [-0.3, -0.25) is 4.79 Å². The van der Waals surface area contributed by atoms with E-state index >= 15 is 0 Å². The van der Waals surface area contributed by atoms with Gasteiger partial charge in [0.05, 0.1) is 12.8 Å². The zero-order valence-electron chi connectivity index (χ0n) is 19.3. The molecule has 2 heterocycles. The molecule has 1 spiro atoms. The summed E-state index contributed by atoms with van der Waals surface area (Å²) < 4.78 is 5.31. The lowest BCUT2D eigenvalue weighted by Gasteiger charge is -2.36. The first-order valence-electron chi connectivity index (χ1n) is 11.1. The highest BCUT2D eigenvalue weighted by molar-refractivity contribution is 6.02. The maximum atomic E-state index is 12.6. The third-order valence-electron chi connectivity index (χ3n) is 6.27. The smallest absolute Gasteiger partial charge is 0.298 e. The second-order valence-electron chi connectivity index (χ2n) is 9.59. The largest absolute Gasteiger partial charge is 0.497 e. The fourth-order valence-electron chi connectivity index (χ4n) is 4.12. The Morgan fingerprint density at radius 3 is 2.50 bits per heavy atom. The number of carbonyl (C=O) groups is 1. The minimum absolute atomic E-state index is 0.101. The Balaban J connectivity index is 1.33. The van der Waals surface area contributed by atoms with Gasteiger partial charge in [-0.25, -0.2) is 0 Å². The zero-order chi connectivity index (χ0) is 22.8. The van der Waals surface area contributed by atoms with Crippen LogP contribution in [0.15, 0.2) is 53.7 Å². The lowest BCUT2D eigenvalue weighted by Crippen LogP contribution is -2.46. The van der Waals surface area contributed by atoms with E-state index in [-0.39, 0.29) is 16.9 Å². The van der Waals surface area contributed by atoms with Gasteiger partial charge in [0.25, 0.3) is 5.91 Å². The molecule has 0 aromatic heterocycles. The Bertz CT molecular complexity index is 1080. The third-order valence-corrected chi connectivity index (χ3v) is 6.27. The van der Waals surface area contributed by atoms with Crippen molar-refractivity contribution in [2.45, 2.75) is 51.0 Å². The van der Waals surface area contributed by atoms with Crippen LogP contribution in [-0.2, 0) is 15.0 Å². The molecule has 0 radical (unpaired) electrons. The van der Waals surface area contributed by atoms with Gasteiger partial charge in [0.2, 0.25) is 0 Å². The molecule has 32 heavy (non-hydrogen) atoms. The van der Waals surface area contributed by atoms with Gasteiger partial charge in [0.1, 0.15) is 11.4 Å².